The van der Waals surface area contributed by atoms with Crippen molar-refractivity contribution in [1.29, 1.82) is 0 Å². The molecule has 0 aliphatic heterocycles. The molecule has 0 aliphatic carbocycles. The molecule has 1 aromatic heterocycles. The summed E-state index contributed by atoms with van der Waals surface area (Å²) in [6, 6.07) is 4.11. The van der Waals surface area contributed by atoms with E-state index in [2.05, 4.69) is 23.6 Å². The Bertz CT molecular complexity index is 189. The van der Waals surface area contributed by atoms with E-state index < -0.39 is 0 Å². The zero-order chi connectivity index (χ0) is 7.40. The van der Waals surface area contributed by atoms with E-state index in [-0.39, 0.29) is 4.70 Å². The molecular formula is C8H12FNS. The maximum Gasteiger partial charge on any atom is 0.134 e. The van der Waals surface area contributed by atoms with Gasteiger partial charge in [0.25, 0.3) is 0 Å². The normalized spacial score (nSPS) is 9.36. The van der Waals surface area contributed by atoms with Crippen molar-refractivity contribution < 1.29 is 4.70 Å². The molecule has 1 heterocycles. The van der Waals surface area contributed by atoms with Gasteiger partial charge < -0.3 is 4.70 Å². The van der Waals surface area contributed by atoms with Crippen LogP contribution in [-0.4, -0.2) is 17.5 Å². The van der Waals surface area contributed by atoms with Crippen LogP contribution in [0.1, 0.15) is 5.56 Å². The molecule has 0 fully saturated rings. The Balaban J connectivity index is 0.000001000. The lowest BCUT2D eigenvalue weighted by Gasteiger charge is -1.95. The van der Waals surface area contributed by atoms with Crippen LogP contribution in [0.4, 0.5) is 0 Å². The van der Waals surface area contributed by atoms with Gasteiger partial charge in [-0.25, -0.2) is 0 Å². The molecule has 0 amide bonds. The number of rotatable bonds is 2. The molecule has 11 heavy (non-hydrogen) atoms. The summed E-state index contributed by atoms with van der Waals surface area (Å²) in [4.78, 5) is 4.04. The van der Waals surface area contributed by atoms with Crippen molar-refractivity contribution in [2.75, 3.05) is 12.5 Å². The molecule has 0 saturated carbocycles. The summed E-state index contributed by atoms with van der Waals surface area (Å²) in [6.45, 7) is 0. The topological polar surface area (TPSA) is 12.9 Å². The molecule has 0 atom stereocenters. The van der Waals surface area contributed by atoms with Gasteiger partial charge in [-0.1, -0.05) is 6.07 Å². The van der Waals surface area contributed by atoms with Crippen molar-refractivity contribution in [2.24, 2.45) is 0 Å². The van der Waals surface area contributed by atoms with Gasteiger partial charge in [0.05, 0.1) is 12.5 Å². The van der Waals surface area contributed by atoms with Crippen LogP contribution < -0.4 is 4.70 Å². The highest BCUT2D eigenvalue weighted by Gasteiger charge is 2.02. The summed E-state index contributed by atoms with van der Waals surface area (Å²) in [5, 5.41) is 0. The van der Waals surface area contributed by atoms with E-state index >= 15 is 0 Å². The highest BCUT2D eigenvalue weighted by atomic mass is 32.2. The van der Waals surface area contributed by atoms with Crippen LogP contribution in [0, 0.1) is 0 Å². The molecule has 1 nitrogen and oxygen atoms in total. The molecule has 3 heteroatoms. The molecule has 0 bridgehead atoms. The predicted molar refractivity (Wildman–Crippen MR) is 47.2 cm³/mol. The summed E-state index contributed by atoms with van der Waals surface area (Å²) in [5.74, 6) is 1.16. The lowest BCUT2D eigenvalue weighted by molar-refractivity contribution is -0.00000229. The molecule has 0 saturated heterocycles. The maximum absolute atomic E-state index is 4.04. The minimum absolute atomic E-state index is 0. The van der Waals surface area contributed by atoms with E-state index in [0.717, 1.165) is 5.75 Å². The fourth-order valence-electron chi connectivity index (χ4n) is 0.817. The quantitative estimate of drug-likeness (QED) is 0.494. The van der Waals surface area contributed by atoms with E-state index in [1.807, 2.05) is 18.5 Å². The van der Waals surface area contributed by atoms with Gasteiger partial charge in [-0.05, 0) is 17.0 Å². The number of pyridine rings is 1. The Morgan fingerprint density at radius 3 is 2.64 bits per heavy atom. The van der Waals surface area contributed by atoms with E-state index in [4.69, 9.17) is 0 Å². The number of hydrogen-bond acceptors (Lipinski definition) is 1. The Morgan fingerprint density at radius 1 is 1.45 bits per heavy atom. The first kappa shape index (κ1) is 10.4. The third kappa shape index (κ3) is 3.98. The van der Waals surface area contributed by atoms with E-state index in [0.29, 0.717) is 10.9 Å². The van der Waals surface area contributed by atoms with Crippen LogP contribution in [0.2, 0.25) is 0 Å². The highest BCUT2D eigenvalue weighted by Crippen LogP contribution is 2.01. The Kier molecular flexibility index (Phi) is 4.86. The van der Waals surface area contributed by atoms with Gasteiger partial charge in [-0.3, -0.25) is 4.98 Å². The summed E-state index contributed by atoms with van der Waals surface area (Å²) in [5.41, 5.74) is 1.34. The smallest absolute Gasteiger partial charge is 0.134 e. The van der Waals surface area contributed by atoms with E-state index in [9.17, 15) is 0 Å². The molecule has 0 radical (unpaired) electrons. The first-order chi connectivity index (χ1) is 4.79. The van der Waals surface area contributed by atoms with Crippen molar-refractivity contribution in [1.82, 2.24) is 4.98 Å². The second kappa shape index (κ2) is 5.13. The van der Waals surface area contributed by atoms with Gasteiger partial charge in [-0.2, -0.15) is 0 Å². The van der Waals surface area contributed by atoms with Crippen molar-refractivity contribution >= 4 is 10.9 Å². The zero-order valence-corrected chi connectivity index (χ0v) is 7.57. The lowest BCUT2D eigenvalue weighted by atomic mass is 10.3. The molecule has 0 N–H and O–H groups in total. The third-order valence-corrected chi connectivity index (χ3v) is 2.09. The summed E-state index contributed by atoms with van der Waals surface area (Å²) in [6.07, 6.45) is 8.24. The summed E-state index contributed by atoms with van der Waals surface area (Å²) >= 11 is 0. The monoisotopic (exact) mass is 173 g/mol. The van der Waals surface area contributed by atoms with Crippen LogP contribution in [0.3, 0.4) is 0 Å². The Labute approximate surface area is 69.6 Å². The second-order valence-electron chi connectivity index (χ2n) is 2.49. The van der Waals surface area contributed by atoms with Crippen molar-refractivity contribution in [3.05, 3.63) is 30.1 Å². The molecule has 1 rings (SSSR count). The van der Waals surface area contributed by atoms with Gasteiger partial charge in [-0.15, -0.1) is 0 Å². The van der Waals surface area contributed by atoms with Crippen LogP contribution >= 0.6 is 0 Å². The first-order valence-corrected chi connectivity index (χ1v) is 5.43. The molecule has 0 aromatic carbocycles. The van der Waals surface area contributed by atoms with Crippen molar-refractivity contribution in [2.45, 2.75) is 5.75 Å². The van der Waals surface area contributed by atoms with Gasteiger partial charge in [0.1, 0.15) is 5.75 Å². The van der Waals surface area contributed by atoms with Gasteiger partial charge in [0.2, 0.25) is 0 Å². The first-order valence-electron chi connectivity index (χ1n) is 3.22. The van der Waals surface area contributed by atoms with Gasteiger partial charge in [0.15, 0.2) is 0 Å². The molecule has 0 spiro atoms. The SMILES string of the molecule is C[S+](C)Cc1cccnc1.[F-]. The molecular weight excluding hydrogens is 161 g/mol. The average molecular weight is 173 g/mol. The Hall–Kier alpha value is -0.570. The molecule has 0 unspecified atom stereocenters. The Morgan fingerprint density at radius 2 is 2.18 bits per heavy atom. The minimum atomic E-state index is 0. The van der Waals surface area contributed by atoms with Gasteiger partial charge >= 0.3 is 0 Å². The minimum Gasteiger partial charge on any atom is -1.00 e. The van der Waals surface area contributed by atoms with Crippen LogP contribution in [0.5, 0.6) is 0 Å². The molecule has 1 aromatic rings. The van der Waals surface area contributed by atoms with E-state index in [1.165, 1.54) is 5.56 Å². The lowest BCUT2D eigenvalue weighted by Crippen LogP contribution is -3.00. The summed E-state index contributed by atoms with van der Waals surface area (Å²) < 4.78 is 0. The van der Waals surface area contributed by atoms with Crippen LogP contribution in [0.25, 0.3) is 0 Å². The molecule has 0 aliphatic rings. The third-order valence-electron chi connectivity index (χ3n) is 1.18. The predicted octanol–water partition coefficient (Wildman–Crippen LogP) is -1.54. The fourth-order valence-corrected chi connectivity index (χ4v) is 1.65. The van der Waals surface area contributed by atoms with Gasteiger partial charge in [0, 0.05) is 18.0 Å². The van der Waals surface area contributed by atoms with E-state index in [1.54, 1.807) is 0 Å². The number of nitrogens with zero attached hydrogens (tertiary/aromatic N) is 1. The number of aromatic nitrogens is 1. The zero-order valence-electron chi connectivity index (χ0n) is 6.75. The maximum atomic E-state index is 4.04. The van der Waals surface area contributed by atoms with Crippen LogP contribution in [-0.2, 0) is 16.6 Å². The number of halogens is 1. The highest BCUT2D eigenvalue weighted by molar-refractivity contribution is 7.94. The van der Waals surface area contributed by atoms with Crippen molar-refractivity contribution in [3.8, 4) is 0 Å². The van der Waals surface area contributed by atoms with Crippen LogP contribution in [0.15, 0.2) is 24.5 Å². The standard InChI is InChI=1S/C8H12NS.FH/c1-10(2)7-8-4-3-5-9-6-8;/h3-6H,7H2,1-2H3;1H/q+1;/p-1. The van der Waals surface area contributed by atoms with Crippen molar-refractivity contribution in [3.63, 3.8) is 0 Å². The molecule has 62 valence electrons. The average Bonchev–Trinajstić information content (AvgIpc) is 1.88. The summed E-state index contributed by atoms with van der Waals surface area (Å²) in [7, 11) is 0.493. The largest absolute Gasteiger partial charge is 1.00 e. The fraction of sp³-hybridized carbons (Fsp3) is 0.375. The number of hydrogen-bond donors (Lipinski definition) is 0. The second-order valence-corrected chi connectivity index (χ2v) is 4.75.